The third kappa shape index (κ3) is 2.67. The quantitative estimate of drug-likeness (QED) is 0.545. The Kier molecular flexibility index (Phi) is 3.81. The Bertz CT molecular complexity index is 844. The fourth-order valence-electron chi connectivity index (χ4n) is 2.22. The normalized spacial score (nSPS) is 11.4. The summed E-state index contributed by atoms with van der Waals surface area (Å²) in [5.74, 6) is 0.0166. The van der Waals surface area contributed by atoms with Crippen LogP contribution in [0.3, 0.4) is 0 Å². The van der Waals surface area contributed by atoms with E-state index in [1.165, 1.54) is 11.3 Å². The molecule has 2 aromatic heterocycles. The molecule has 4 nitrogen and oxygen atoms in total. The lowest BCUT2D eigenvalue weighted by Crippen LogP contribution is -2.03. The van der Waals surface area contributed by atoms with Crippen LogP contribution in [0.4, 0.5) is 0 Å². The highest BCUT2D eigenvalue weighted by atomic mass is 32.1. The van der Waals surface area contributed by atoms with Gasteiger partial charge in [0.2, 0.25) is 0 Å². The number of fused-ring (bicyclic) bond motifs is 1. The predicted octanol–water partition coefficient (Wildman–Crippen LogP) is 3.63. The summed E-state index contributed by atoms with van der Waals surface area (Å²) >= 11 is 1.43. The van der Waals surface area contributed by atoms with E-state index in [0.29, 0.717) is 0 Å². The van der Waals surface area contributed by atoms with Gasteiger partial charge in [-0.1, -0.05) is 41.7 Å². The molecule has 0 amide bonds. The molecule has 0 bridgehead atoms. The number of carbonyl (C=O) groups excluding carboxylic acids is 1. The van der Waals surface area contributed by atoms with Crippen molar-refractivity contribution in [2.45, 2.75) is 6.92 Å². The van der Waals surface area contributed by atoms with Crippen molar-refractivity contribution >= 4 is 22.1 Å². The molecule has 0 radical (unpaired) electrons. The van der Waals surface area contributed by atoms with Crippen LogP contribution in [0.2, 0.25) is 0 Å². The molecule has 2 heterocycles. The molecular formula is C17H17N3OS. The van der Waals surface area contributed by atoms with E-state index in [4.69, 9.17) is 0 Å². The van der Waals surface area contributed by atoms with Gasteiger partial charge in [-0.3, -0.25) is 9.20 Å². The van der Waals surface area contributed by atoms with Gasteiger partial charge < -0.3 is 4.90 Å². The minimum atomic E-state index is 0.0166. The van der Waals surface area contributed by atoms with Gasteiger partial charge in [-0.2, -0.15) is 0 Å². The van der Waals surface area contributed by atoms with Gasteiger partial charge in [0.15, 0.2) is 10.7 Å². The fraction of sp³-hybridized carbons (Fsp3) is 0.176. The van der Waals surface area contributed by atoms with Gasteiger partial charge in [0.05, 0.1) is 10.6 Å². The summed E-state index contributed by atoms with van der Waals surface area (Å²) in [6, 6.07) is 10.1. The van der Waals surface area contributed by atoms with Crippen LogP contribution < -0.4 is 0 Å². The van der Waals surface area contributed by atoms with Crippen molar-refractivity contribution in [3.8, 4) is 11.3 Å². The molecule has 0 unspecified atom stereocenters. The van der Waals surface area contributed by atoms with Gasteiger partial charge in [0.25, 0.3) is 0 Å². The molecule has 112 valence electrons. The first-order chi connectivity index (χ1) is 10.6. The van der Waals surface area contributed by atoms with Gasteiger partial charge in [-0.15, -0.1) is 0 Å². The third-order valence-electron chi connectivity index (χ3n) is 3.37. The van der Waals surface area contributed by atoms with Gasteiger partial charge >= 0.3 is 0 Å². The van der Waals surface area contributed by atoms with Crippen LogP contribution in [0.25, 0.3) is 16.2 Å². The number of rotatable bonds is 4. The highest BCUT2D eigenvalue weighted by Crippen LogP contribution is 2.27. The Labute approximate surface area is 133 Å². The maximum absolute atomic E-state index is 12.2. The summed E-state index contributed by atoms with van der Waals surface area (Å²) in [6.45, 7) is 1.96. The van der Waals surface area contributed by atoms with Crippen molar-refractivity contribution in [3.63, 3.8) is 0 Å². The molecule has 3 aromatic rings. The van der Waals surface area contributed by atoms with Crippen molar-refractivity contribution < 1.29 is 4.79 Å². The predicted molar refractivity (Wildman–Crippen MR) is 90.4 cm³/mol. The highest BCUT2D eigenvalue weighted by molar-refractivity contribution is 7.19. The largest absolute Gasteiger partial charge is 0.383 e. The maximum atomic E-state index is 12.2. The number of allylic oxidation sites excluding steroid dienone is 1. The number of benzene rings is 1. The van der Waals surface area contributed by atoms with Gasteiger partial charge in [0.1, 0.15) is 0 Å². The van der Waals surface area contributed by atoms with Crippen LogP contribution in [0, 0.1) is 6.92 Å². The fourth-order valence-corrected chi connectivity index (χ4v) is 3.25. The smallest absolute Gasteiger partial charge is 0.199 e. The summed E-state index contributed by atoms with van der Waals surface area (Å²) in [7, 11) is 3.79. The number of aryl methyl sites for hydroxylation is 1. The molecule has 0 fully saturated rings. The molecular weight excluding hydrogens is 294 g/mol. The monoisotopic (exact) mass is 311 g/mol. The molecule has 0 aliphatic carbocycles. The van der Waals surface area contributed by atoms with E-state index in [1.807, 2.05) is 66.8 Å². The number of carbonyl (C=O) groups is 1. The van der Waals surface area contributed by atoms with Gasteiger partial charge in [-0.25, -0.2) is 4.98 Å². The Morgan fingerprint density at radius 1 is 1.27 bits per heavy atom. The molecule has 3 rings (SSSR count). The Hall–Kier alpha value is -2.40. The highest BCUT2D eigenvalue weighted by Gasteiger charge is 2.16. The lowest BCUT2D eigenvalue weighted by molar-refractivity contribution is 0.104. The Morgan fingerprint density at radius 2 is 2.00 bits per heavy atom. The summed E-state index contributed by atoms with van der Waals surface area (Å²) in [4.78, 5) is 20.3. The minimum absolute atomic E-state index is 0.0166. The van der Waals surface area contributed by atoms with E-state index in [9.17, 15) is 4.79 Å². The number of aromatic nitrogens is 2. The van der Waals surface area contributed by atoms with Crippen molar-refractivity contribution in [1.82, 2.24) is 14.3 Å². The number of hydrogen-bond acceptors (Lipinski definition) is 4. The molecule has 0 aliphatic rings. The lowest BCUT2D eigenvalue weighted by atomic mass is 10.2. The van der Waals surface area contributed by atoms with Gasteiger partial charge in [-0.05, 0) is 6.92 Å². The molecule has 0 saturated carbocycles. The SMILES string of the molecule is Cc1c(C(=O)C=CN(C)C)sc2nc(-c3ccccc3)cn12. The second kappa shape index (κ2) is 5.77. The van der Waals surface area contributed by atoms with E-state index in [0.717, 1.165) is 26.8 Å². The Balaban J connectivity index is 1.98. The van der Waals surface area contributed by atoms with Crippen molar-refractivity contribution in [1.29, 1.82) is 0 Å². The number of ketones is 1. The molecule has 0 aliphatic heterocycles. The first kappa shape index (κ1) is 14.5. The van der Waals surface area contributed by atoms with Crippen molar-refractivity contribution in [2.24, 2.45) is 0 Å². The zero-order valence-electron chi connectivity index (χ0n) is 12.8. The first-order valence-corrected chi connectivity index (χ1v) is 7.81. The van der Waals surface area contributed by atoms with Crippen molar-refractivity contribution in [2.75, 3.05) is 14.1 Å². The first-order valence-electron chi connectivity index (χ1n) is 6.99. The van der Waals surface area contributed by atoms with Crippen LogP contribution in [-0.2, 0) is 0 Å². The van der Waals surface area contributed by atoms with Crippen LogP contribution in [0.15, 0.2) is 48.8 Å². The van der Waals surface area contributed by atoms with E-state index in [-0.39, 0.29) is 5.78 Å². The second-order valence-corrected chi connectivity index (χ2v) is 6.28. The molecule has 0 N–H and O–H groups in total. The zero-order valence-corrected chi connectivity index (χ0v) is 13.6. The number of imidazole rings is 1. The summed E-state index contributed by atoms with van der Waals surface area (Å²) in [5, 5.41) is 0. The zero-order chi connectivity index (χ0) is 15.7. The van der Waals surface area contributed by atoms with E-state index in [2.05, 4.69) is 4.98 Å². The minimum Gasteiger partial charge on any atom is -0.383 e. The van der Waals surface area contributed by atoms with Crippen LogP contribution in [0.5, 0.6) is 0 Å². The average Bonchev–Trinajstić information content (AvgIpc) is 3.06. The Morgan fingerprint density at radius 3 is 2.64 bits per heavy atom. The summed E-state index contributed by atoms with van der Waals surface area (Å²) in [6.07, 6.45) is 5.35. The van der Waals surface area contributed by atoms with Crippen LogP contribution >= 0.6 is 11.3 Å². The topological polar surface area (TPSA) is 37.6 Å². The van der Waals surface area contributed by atoms with Crippen LogP contribution in [0.1, 0.15) is 15.4 Å². The standard InChI is InChI=1S/C17H17N3OS/c1-12-16(15(21)9-10-19(2)3)22-17-18-14(11-20(12)17)13-7-5-4-6-8-13/h4-11H,1-3H3. The van der Waals surface area contributed by atoms with Gasteiger partial charge in [0, 0.05) is 43.8 Å². The molecule has 0 spiro atoms. The van der Waals surface area contributed by atoms with Crippen LogP contribution in [-0.4, -0.2) is 34.2 Å². The van der Waals surface area contributed by atoms with E-state index < -0.39 is 0 Å². The number of thiazole rings is 1. The van der Waals surface area contributed by atoms with E-state index >= 15 is 0 Å². The van der Waals surface area contributed by atoms with Crippen molar-refractivity contribution in [3.05, 3.63) is 59.4 Å². The molecule has 22 heavy (non-hydrogen) atoms. The second-order valence-electron chi connectivity index (χ2n) is 5.30. The molecule has 1 aromatic carbocycles. The summed E-state index contributed by atoms with van der Waals surface area (Å²) in [5.41, 5.74) is 2.94. The maximum Gasteiger partial charge on any atom is 0.199 e. The van der Waals surface area contributed by atoms with E-state index in [1.54, 1.807) is 12.3 Å². The average molecular weight is 311 g/mol. The number of nitrogens with zero attached hydrogens (tertiary/aromatic N) is 3. The molecule has 0 atom stereocenters. The third-order valence-corrected chi connectivity index (χ3v) is 4.55. The lowest BCUT2D eigenvalue weighted by Gasteiger charge is -2.02. The molecule has 0 saturated heterocycles. The summed E-state index contributed by atoms with van der Waals surface area (Å²) < 4.78 is 1.99. The number of hydrogen-bond donors (Lipinski definition) is 0. The molecule has 5 heteroatoms.